The van der Waals surface area contributed by atoms with E-state index in [1.165, 1.54) is 31.9 Å². The molecule has 15 heteroatoms. The topological polar surface area (TPSA) is 231 Å². The Morgan fingerprint density at radius 1 is 0.905 bits per heavy atom. The van der Waals surface area contributed by atoms with E-state index in [1.807, 2.05) is 24.3 Å². The van der Waals surface area contributed by atoms with Gasteiger partial charge in [-0.05, 0) is 85.0 Å². The first-order valence-corrected chi connectivity index (χ1v) is 21.4. The van der Waals surface area contributed by atoms with Crippen LogP contribution in [0.2, 0.25) is 5.02 Å². The van der Waals surface area contributed by atoms with Crippen molar-refractivity contribution in [2.24, 2.45) is 23.3 Å². The van der Waals surface area contributed by atoms with Crippen LogP contribution in [0.3, 0.4) is 0 Å². The molecule has 1 aliphatic rings. The summed E-state index contributed by atoms with van der Waals surface area (Å²) < 4.78 is 6.01. The van der Waals surface area contributed by atoms with Gasteiger partial charge in [0.05, 0.1) is 6.04 Å². The summed E-state index contributed by atoms with van der Waals surface area (Å²) in [5, 5.41) is 26.5. The average molecular weight is 882 g/mol. The number of fused-ring (bicyclic) bond motifs is 5. The van der Waals surface area contributed by atoms with Crippen molar-refractivity contribution in [2.45, 2.75) is 70.5 Å². The number of ketones is 3. The molecule has 14 nitrogen and oxygen atoms in total. The Morgan fingerprint density at radius 3 is 2.24 bits per heavy atom. The number of carbonyl (C=O) groups excluding carboxylic acids is 6. The monoisotopic (exact) mass is 881 g/mol. The van der Waals surface area contributed by atoms with Gasteiger partial charge < -0.3 is 42.0 Å². The van der Waals surface area contributed by atoms with E-state index < -0.39 is 65.9 Å². The summed E-state index contributed by atoms with van der Waals surface area (Å²) in [6.45, 7) is 2.82. The zero-order chi connectivity index (χ0) is 45.8. The van der Waals surface area contributed by atoms with Crippen molar-refractivity contribution in [2.75, 3.05) is 33.4 Å². The molecule has 8 N–H and O–H groups in total. The van der Waals surface area contributed by atoms with Crippen molar-refractivity contribution >= 4 is 46.7 Å². The minimum Gasteiger partial charge on any atom is -0.507 e. The molecule has 1 aliphatic heterocycles. The number of aliphatic hydroxyl groups is 1. The maximum atomic E-state index is 14.8. The first-order chi connectivity index (χ1) is 30.1. The number of unbranched alkanes of at least 4 members (excludes halogenated alkanes) is 1. The Bertz CT molecular complexity index is 2280. The zero-order valence-corrected chi connectivity index (χ0v) is 36.5. The summed E-state index contributed by atoms with van der Waals surface area (Å²) in [6.07, 6.45) is 0.916. The summed E-state index contributed by atoms with van der Waals surface area (Å²) in [6, 6.07) is 20.4. The van der Waals surface area contributed by atoms with Crippen molar-refractivity contribution in [3.8, 4) is 33.8 Å². The number of aliphatic hydroxyl groups excluding tert-OH is 1. The number of hydrogen-bond acceptors (Lipinski definition) is 11. The van der Waals surface area contributed by atoms with Crippen molar-refractivity contribution in [1.82, 2.24) is 15.5 Å². The van der Waals surface area contributed by atoms with Crippen LogP contribution >= 0.6 is 11.6 Å². The Hall–Kier alpha value is -5.93. The fourth-order valence-corrected chi connectivity index (χ4v) is 7.79. The highest BCUT2D eigenvalue weighted by Crippen LogP contribution is 2.40. The van der Waals surface area contributed by atoms with Crippen molar-refractivity contribution < 1.29 is 43.7 Å². The SMILES string of the molecule is C[C@@H]1CC(=O)[C@@H](N(C)C(=O)[C@H](CCCCN)CC(=O)c2ccc(-c3ccc(Cl)cc3)cc2)c2ccc(OCCN)c(c2)-c2cc(ccc2O)C[C@@H](C(=O)N[C@@H](C)C(=O)CO)NC1=O. The molecule has 63 heavy (non-hydrogen) atoms. The van der Waals surface area contributed by atoms with Gasteiger partial charge in [0.15, 0.2) is 17.3 Å². The quantitative estimate of drug-likeness (QED) is 0.0615. The molecule has 4 aromatic carbocycles. The van der Waals surface area contributed by atoms with Gasteiger partial charge in [0.25, 0.3) is 0 Å². The van der Waals surface area contributed by atoms with E-state index >= 15 is 0 Å². The van der Waals surface area contributed by atoms with Gasteiger partial charge in [-0.15, -0.1) is 0 Å². The van der Waals surface area contributed by atoms with Gasteiger partial charge in [-0.2, -0.15) is 0 Å². The van der Waals surface area contributed by atoms with Crippen molar-refractivity contribution in [1.29, 1.82) is 0 Å². The maximum absolute atomic E-state index is 14.8. The molecule has 0 aliphatic carbocycles. The molecule has 0 radical (unpaired) electrons. The lowest BCUT2D eigenvalue weighted by atomic mass is 9.88. The number of nitrogens with zero attached hydrogens (tertiary/aromatic N) is 1. The van der Waals surface area contributed by atoms with Gasteiger partial charge in [-0.3, -0.25) is 28.8 Å². The number of halogens is 1. The number of phenols is 1. The van der Waals surface area contributed by atoms with E-state index in [2.05, 4.69) is 10.6 Å². The fraction of sp³-hybridized carbons (Fsp3) is 0.375. The van der Waals surface area contributed by atoms with Crippen LogP contribution in [0.1, 0.15) is 73.5 Å². The van der Waals surface area contributed by atoms with E-state index in [9.17, 15) is 39.0 Å². The first-order valence-electron chi connectivity index (χ1n) is 21.1. The Morgan fingerprint density at radius 2 is 1.59 bits per heavy atom. The lowest BCUT2D eigenvalue weighted by Crippen LogP contribution is -2.53. The highest BCUT2D eigenvalue weighted by Gasteiger charge is 2.36. The highest BCUT2D eigenvalue weighted by molar-refractivity contribution is 6.30. The molecular weight excluding hydrogens is 826 g/mol. The Labute approximate surface area is 372 Å². The van der Waals surface area contributed by atoms with Crippen LogP contribution < -0.4 is 26.8 Å². The number of phenolic OH excluding ortho intramolecular Hbond substituents is 1. The minimum absolute atomic E-state index is 0.0686. The van der Waals surface area contributed by atoms with Crippen LogP contribution in [0.5, 0.6) is 11.5 Å². The number of aromatic hydroxyl groups is 1. The van der Waals surface area contributed by atoms with Crippen LogP contribution in [-0.2, 0) is 30.4 Å². The summed E-state index contributed by atoms with van der Waals surface area (Å²) in [4.78, 5) is 84.2. The summed E-state index contributed by atoms with van der Waals surface area (Å²) in [5.41, 5.74) is 15.4. The number of likely N-dealkylation sites (N-methyl/N-ethyl adjacent to an activating group) is 1. The Balaban J connectivity index is 1.54. The lowest BCUT2D eigenvalue weighted by Gasteiger charge is -2.32. The number of nitrogens with two attached hydrogens (primary N) is 2. The van der Waals surface area contributed by atoms with Gasteiger partial charge >= 0.3 is 0 Å². The molecule has 0 aromatic heterocycles. The van der Waals surface area contributed by atoms with Crippen LogP contribution in [0, 0.1) is 11.8 Å². The predicted octanol–water partition coefficient (Wildman–Crippen LogP) is 4.94. The van der Waals surface area contributed by atoms with E-state index in [1.54, 1.807) is 54.6 Å². The summed E-state index contributed by atoms with van der Waals surface area (Å²) in [5.74, 6) is -4.85. The maximum Gasteiger partial charge on any atom is 0.243 e. The van der Waals surface area contributed by atoms with E-state index in [-0.39, 0.29) is 49.5 Å². The second-order valence-corrected chi connectivity index (χ2v) is 16.4. The predicted molar refractivity (Wildman–Crippen MR) is 240 cm³/mol. The summed E-state index contributed by atoms with van der Waals surface area (Å²) >= 11 is 6.06. The Kier molecular flexibility index (Phi) is 17.1. The highest BCUT2D eigenvalue weighted by atomic mass is 35.5. The molecule has 4 bridgehead atoms. The van der Waals surface area contributed by atoms with Crippen molar-refractivity contribution in [3.05, 3.63) is 107 Å². The fourth-order valence-electron chi connectivity index (χ4n) is 7.67. The number of ether oxygens (including phenoxy) is 1. The molecule has 334 valence electrons. The van der Waals surface area contributed by atoms with E-state index in [4.69, 9.17) is 27.8 Å². The third-order valence-corrected chi connectivity index (χ3v) is 11.5. The third-order valence-electron chi connectivity index (χ3n) is 11.3. The molecule has 0 saturated carbocycles. The number of rotatable bonds is 17. The molecule has 0 saturated heterocycles. The average Bonchev–Trinajstić information content (AvgIpc) is 3.27. The van der Waals surface area contributed by atoms with Crippen LogP contribution in [-0.4, -0.2) is 95.6 Å². The first kappa shape index (κ1) is 48.1. The van der Waals surface area contributed by atoms with Gasteiger partial charge in [0.1, 0.15) is 36.8 Å². The summed E-state index contributed by atoms with van der Waals surface area (Å²) in [7, 11) is 1.49. The van der Waals surface area contributed by atoms with Gasteiger partial charge in [0, 0.05) is 66.4 Å². The standard InChI is InChI=1S/C48H56ClN5O9/c1-28-22-42(58)45(54(3)48(62)35(6-4-5-19-50)26-41(57)33-10-8-31(9-11-33)32-12-15-36(49)16-13-32)34-14-18-44(63-21-20-51)38(25-34)37-23-30(7-17-40(37)56)24-39(53-46(28)60)47(61)52-29(2)43(59)27-55/h7-18,23,25,28-29,35,39,45,55-56H,4-6,19-22,24,26-27,50-51H2,1-3H3,(H,52,61)(H,53,60)/t28-,29+,35-,39+,45+/m1/s1. The molecule has 5 atom stereocenters. The normalized spacial score (nSPS) is 17.4. The van der Waals surface area contributed by atoms with Gasteiger partial charge in [0.2, 0.25) is 17.7 Å². The van der Waals surface area contributed by atoms with Crippen LogP contribution in [0.4, 0.5) is 0 Å². The second-order valence-electron chi connectivity index (χ2n) is 16.0. The molecule has 3 amide bonds. The zero-order valence-electron chi connectivity index (χ0n) is 35.8. The van der Waals surface area contributed by atoms with E-state index in [0.29, 0.717) is 58.8 Å². The number of amides is 3. The molecule has 0 fully saturated rings. The lowest BCUT2D eigenvalue weighted by molar-refractivity contribution is -0.142. The smallest absolute Gasteiger partial charge is 0.243 e. The molecule has 0 unspecified atom stereocenters. The molecule has 5 rings (SSSR count). The number of Topliss-reactive ketones (excluding diaryl/α,β-unsaturated/α-hetero) is 3. The number of carbonyl (C=O) groups is 6. The molecule has 1 heterocycles. The number of hydrogen-bond donors (Lipinski definition) is 6. The largest absolute Gasteiger partial charge is 0.507 e. The van der Waals surface area contributed by atoms with E-state index in [0.717, 1.165) is 11.1 Å². The second kappa shape index (κ2) is 22.4. The number of benzene rings is 4. The van der Waals surface area contributed by atoms with Crippen LogP contribution in [0.25, 0.3) is 22.3 Å². The molecular formula is C48H56ClN5O9. The third kappa shape index (κ3) is 12.4. The molecule has 0 spiro atoms. The van der Waals surface area contributed by atoms with Gasteiger partial charge in [-0.25, -0.2) is 0 Å². The minimum atomic E-state index is -1.27. The van der Waals surface area contributed by atoms with Crippen molar-refractivity contribution in [3.63, 3.8) is 0 Å². The number of nitrogens with one attached hydrogen (secondary N) is 2. The molecule has 4 aromatic rings. The van der Waals surface area contributed by atoms with Gasteiger partial charge in [-0.1, -0.05) is 73.5 Å². The van der Waals surface area contributed by atoms with Crippen LogP contribution in [0.15, 0.2) is 84.9 Å².